The van der Waals surface area contributed by atoms with Gasteiger partial charge in [-0.15, -0.1) is 11.3 Å². The zero-order valence-electron chi connectivity index (χ0n) is 15.2. The van der Waals surface area contributed by atoms with Gasteiger partial charge in [-0.05, 0) is 30.0 Å². The fourth-order valence-corrected chi connectivity index (χ4v) is 4.00. The maximum atomic E-state index is 12.8. The highest BCUT2D eigenvalue weighted by Gasteiger charge is 2.46. The molecule has 142 valence electrons. The molecule has 0 radical (unpaired) electrons. The second-order valence-electron chi connectivity index (χ2n) is 6.09. The maximum Gasteiger partial charge on any atom is 0.295 e. The Bertz CT molecular complexity index is 859. The zero-order valence-corrected chi connectivity index (χ0v) is 16.0. The number of aliphatic hydroxyl groups is 1. The molecule has 1 amide bonds. The molecule has 1 atom stereocenters. The second kappa shape index (κ2) is 8.37. The molecule has 2 aromatic rings. The van der Waals surface area contributed by atoms with E-state index >= 15 is 0 Å². The summed E-state index contributed by atoms with van der Waals surface area (Å²) in [7, 11) is 3.12. The largest absolute Gasteiger partial charge is 0.507 e. The molecule has 1 N–H and O–H groups in total. The van der Waals surface area contributed by atoms with Crippen molar-refractivity contribution in [1.82, 2.24) is 4.90 Å². The molecule has 0 saturated carbocycles. The third-order valence-corrected chi connectivity index (χ3v) is 5.37. The average molecular weight is 387 g/mol. The highest BCUT2D eigenvalue weighted by atomic mass is 32.1. The van der Waals surface area contributed by atoms with Crippen molar-refractivity contribution in [2.45, 2.75) is 12.5 Å². The average Bonchev–Trinajstić information content (AvgIpc) is 3.30. The van der Waals surface area contributed by atoms with E-state index in [1.165, 1.54) is 23.3 Å². The Labute approximate surface area is 161 Å². The molecule has 2 heterocycles. The van der Waals surface area contributed by atoms with Crippen molar-refractivity contribution in [2.24, 2.45) is 0 Å². The Morgan fingerprint density at radius 2 is 2.04 bits per heavy atom. The summed E-state index contributed by atoms with van der Waals surface area (Å²) in [6.07, 6.45) is 0.602. The molecule has 0 aliphatic carbocycles. The third-order valence-electron chi connectivity index (χ3n) is 4.44. The lowest BCUT2D eigenvalue weighted by atomic mass is 9.99. The number of ether oxygens (including phenoxy) is 2. The molecule has 6 nitrogen and oxygen atoms in total. The van der Waals surface area contributed by atoms with Gasteiger partial charge >= 0.3 is 0 Å². The van der Waals surface area contributed by atoms with Crippen LogP contribution in [0.4, 0.5) is 0 Å². The minimum atomic E-state index is -0.675. The number of rotatable bonds is 7. The fourth-order valence-electron chi connectivity index (χ4n) is 3.16. The molecule has 0 spiro atoms. The number of benzene rings is 1. The van der Waals surface area contributed by atoms with E-state index in [2.05, 4.69) is 0 Å². The number of carbonyl (C=O) groups is 2. The van der Waals surface area contributed by atoms with Crippen LogP contribution < -0.4 is 4.74 Å². The zero-order chi connectivity index (χ0) is 19.4. The molecule has 3 rings (SSSR count). The van der Waals surface area contributed by atoms with Crippen molar-refractivity contribution in [1.29, 1.82) is 0 Å². The van der Waals surface area contributed by atoms with E-state index in [0.717, 1.165) is 4.88 Å². The lowest BCUT2D eigenvalue weighted by Crippen LogP contribution is -2.31. The first-order valence-corrected chi connectivity index (χ1v) is 9.41. The van der Waals surface area contributed by atoms with Gasteiger partial charge < -0.3 is 19.5 Å². The van der Waals surface area contributed by atoms with Gasteiger partial charge in [0, 0.05) is 30.7 Å². The summed E-state index contributed by atoms with van der Waals surface area (Å²) in [5, 5.41) is 12.8. The summed E-state index contributed by atoms with van der Waals surface area (Å²) < 4.78 is 10.3. The molecular weight excluding hydrogens is 366 g/mol. The first-order chi connectivity index (χ1) is 13.1. The van der Waals surface area contributed by atoms with Crippen LogP contribution in [0.25, 0.3) is 5.76 Å². The standard InChI is InChI=1S/C20H21NO5S/c1-25-10-5-9-21-17(15-8-4-11-27-15)16(19(23)20(21)24)18(22)13-6-3-7-14(12-13)26-2/h3-4,6-8,11-12,17,22H,5,9-10H2,1-2H3. The van der Waals surface area contributed by atoms with Crippen molar-refractivity contribution in [3.63, 3.8) is 0 Å². The van der Waals surface area contributed by atoms with E-state index in [0.29, 0.717) is 30.9 Å². The second-order valence-corrected chi connectivity index (χ2v) is 7.07. The molecule has 7 heteroatoms. The van der Waals surface area contributed by atoms with Gasteiger partial charge in [0.05, 0.1) is 18.7 Å². The molecule has 0 bridgehead atoms. The van der Waals surface area contributed by atoms with Crippen molar-refractivity contribution in [3.05, 3.63) is 57.8 Å². The Morgan fingerprint density at radius 3 is 2.70 bits per heavy atom. The summed E-state index contributed by atoms with van der Waals surface area (Å²) in [5.74, 6) is -0.916. The first-order valence-electron chi connectivity index (χ1n) is 8.53. The summed E-state index contributed by atoms with van der Waals surface area (Å²) in [5.41, 5.74) is 0.541. The number of methoxy groups -OCH3 is 2. The minimum Gasteiger partial charge on any atom is -0.507 e. The topological polar surface area (TPSA) is 76.1 Å². The van der Waals surface area contributed by atoms with Gasteiger partial charge in [-0.1, -0.05) is 18.2 Å². The molecular formula is C20H21NO5S. The number of hydrogen-bond acceptors (Lipinski definition) is 6. The number of likely N-dealkylation sites (tertiary alicyclic amines) is 1. The molecule has 1 unspecified atom stereocenters. The number of Topliss-reactive ketones (excluding diaryl/α,β-unsaturated/α-hetero) is 1. The molecule has 1 saturated heterocycles. The van der Waals surface area contributed by atoms with Gasteiger partial charge in [0.1, 0.15) is 11.5 Å². The number of ketones is 1. The summed E-state index contributed by atoms with van der Waals surface area (Å²) in [6, 6.07) is 9.91. The van der Waals surface area contributed by atoms with E-state index in [9.17, 15) is 14.7 Å². The quantitative estimate of drug-likeness (QED) is 0.342. The van der Waals surface area contributed by atoms with E-state index < -0.39 is 17.7 Å². The van der Waals surface area contributed by atoms with Crippen molar-refractivity contribution >= 4 is 28.8 Å². The number of carbonyl (C=O) groups excluding carboxylic acids is 2. The number of thiophene rings is 1. The Hall–Kier alpha value is -2.64. The molecule has 1 aromatic heterocycles. The predicted molar refractivity (Wildman–Crippen MR) is 103 cm³/mol. The van der Waals surface area contributed by atoms with E-state index in [1.54, 1.807) is 31.4 Å². The molecule has 27 heavy (non-hydrogen) atoms. The first kappa shape index (κ1) is 19.1. The third kappa shape index (κ3) is 3.74. The monoisotopic (exact) mass is 387 g/mol. The van der Waals surface area contributed by atoms with Crippen LogP contribution in [0.1, 0.15) is 22.9 Å². The lowest BCUT2D eigenvalue weighted by Gasteiger charge is -2.24. The maximum absolute atomic E-state index is 12.8. The summed E-state index contributed by atoms with van der Waals surface area (Å²) in [4.78, 5) is 27.7. The molecule has 1 aliphatic rings. The van der Waals surface area contributed by atoms with Crippen molar-refractivity contribution in [2.75, 3.05) is 27.4 Å². The van der Waals surface area contributed by atoms with Crippen LogP contribution in [-0.4, -0.2) is 49.1 Å². The fraction of sp³-hybridized carbons (Fsp3) is 0.300. The van der Waals surface area contributed by atoms with Gasteiger partial charge in [-0.25, -0.2) is 0 Å². The van der Waals surface area contributed by atoms with E-state index in [4.69, 9.17) is 9.47 Å². The van der Waals surface area contributed by atoms with Gasteiger partial charge in [-0.3, -0.25) is 9.59 Å². The summed E-state index contributed by atoms with van der Waals surface area (Å²) >= 11 is 1.44. The predicted octanol–water partition coefficient (Wildman–Crippen LogP) is 3.21. The number of hydrogen-bond donors (Lipinski definition) is 1. The molecule has 1 fully saturated rings. The molecule has 1 aliphatic heterocycles. The van der Waals surface area contributed by atoms with Gasteiger partial charge in [-0.2, -0.15) is 0 Å². The van der Waals surface area contributed by atoms with Crippen LogP contribution in [0.5, 0.6) is 5.75 Å². The van der Waals surface area contributed by atoms with Crippen molar-refractivity contribution < 1.29 is 24.2 Å². The van der Waals surface area contributed by atoms with E-state index in [-0.39, 0.29) is 11.3 Å². The van der Waals surface area contributed by atoms with Gasteiger partial charge in [0.2, 0.25) is 0 Å². The van der Waals surface area contributed by atoms with Crippen LogP contribution >= 0.6 is 11.3 Å². The Kier molecular flexibility index (Phi) is 5.93. The number of aliphatic hydroxyl groups excluding tert-OH is 1. The highest BCUT2D eigenvalue weighted by Crippen LogP contribution is 2.41. The Balaban J connectivity index is 2.08. The minimum absolute atomic E-state index is 0.105. The summed E-state index contributed by atoms with van der Waals surface area (Å²) in [6.45, 7) is 0.853. The Morgan fingerprint density at radius 1 is 1.22 bits per heavy atom. The number of amides is 1. The van der Waals surface area contributed by atoms with Gasteiger partial charge in [0.15, 0.2) is 0 Å². The van der Waals surface area contributed by atoms with Crippen LogP contribution in [-0.2, 0) is 14.3 Å². The van der Waals surface area contributed by atoms with Crippen LogP contribution in [0, 0.1) is 0 Å². The van der Waals surface area contributed by atoms with Crippen molar-refractivity contribution in [3.8, 4) is 5.75 Å². The van der Waals surface area contributed by atoms with Crippen LogP contribution in [0.15, 0.2) is 47.4 Å². The van der Waals surface area contributed by atoms with E-state index in [1.807, 2.05) is 17.5 Å². The lowest BCUT2D eigenvalue weighted by molar-refractivity contribution is -0.140. The highest BCUT2D eigenvalue weighted by molar-refractivity contribution is 7.10. The van der Waals surface area contributed by atoms with Crippen LogP contribution in [0.2, 0.25) is 0 Å². The number of nitrogens with zero attached hydrogens (tertiary/aromatic N) is 1. The smallest absolute Gasteiger partial charge is 0.295 e. The SMILES string of the molecule is COCCCN1C(=O)C(=O)C(=C(O)c2cccc(OC)c2)C1c1cccs1. The molecule has 1 aromatic carbocycles. The van der Waals surface area contributed by atoms with Crippen LogP contribution in [0.3, 0.4) is 0 Å². The van der Waals surface area contributed by atoms with Gasteiger partial charge in [0.25, 0.3) is 11.7 Å². The normalized spacial score (nSPS) is 18.9.